The Kier molecular flexibility index (Phi) is 3.46. The monoisotopic (exact) mass is 398 g/mol. The molecule has 0 aliphatic carbocycles. The van der Waals surface area contributed by atoms with Gasteiger partial charge in [-0.3, -0.25) is 14.5 Å². The minimum atomic E-state index is -0.697. The van der Waals surface area contributed by atoms with Gasteiger partial charge in [-0.2, -0.15) is 0 Å². The zero-order chi connectivity index (χ0) is 20.2. The lowest BCUT2D eigenvalue weighted by molar-refractivity contribution is 0.0970. The number of aromatic nitrogens is 1. The zero-order valence-electron chi connectivity index (χ0n) is 15.6. The van der Waals surface area contributed by atoms with Crippen LogP contribution < -0.4 is 19.8 Å². The third-order valence-corrected chi connectivity index (χ3v) is 5.39. The predicted octanol–water partition coefficient (Wildman–Crippen LogP) is 3.67. The standard InChI is InChI=1S/C23H14N2O5/c26-21-14-5-1-2-6-15(14)30-22-19(21)20(13-8-9-16-17(11-13)29-12-28-16)25(23(22)27)18-7-3-4-10-24-18/h1-11,20H,12H2. The quantitative estimate of drug-likeness (QED) is 0.513. The number of para-hydroxylation sites is 1. The molecule has 2 aromatic carbocycles. The molecule has 0 spiro atoms. The molecule has 0 saturated heterocycles. The van der Waals surface area contributed by atoms with Gasteiger partial charge in [0.05, 0.1) is 17.0 Å². The van der Waals surface area contributed by atoms with Gasteiger partial charge in [0, 0.05) is 6.20 Å². The molecule has 0 radical (unpaired) electrons. The van der Waals surface area contributed by atoms with Gasteiger partial charge < -0.3 is 13.9 Å². The average molecular weight is 398 g/mol. The van der Waals surface area contributed by atoms with Crippen LogP contribution in [0.25, 0.3) is 11.0 Å². The van der Waals surface area contributed by atoms with Crippen LogP contribution in [0, 0.1) is 0 Å². The zero-order valence-corrected chi connectivity index (χ0v) is 15.6. The molecule has 1 unspecified atom stereocenters. The molecule has 0 fully saturated rings. The number of carbonyl (C=O) groups excluding carboxylic acids is 1. The van der Waals surface area contributed by atoms with E-state index in [2.05, 4.69) is 4.98 Å². The van der Waals surface area contributed by atoms with Gasteiger partial charge in [0.1, 0.15) is 11.4 Å². The summed E-state index contributed by atoms with van der Waals surface area (Å²) in [6, 6.07) is 16.9. The van der Waals surface area contributed by atoms with Crippen molar-refractivity contribution in [3.05, 3.63) is 94.0 Å². The molecule has 7 nitrogen and oxygen atoms in total. The first-order chi connectivity index (χ1) is 14.7. The smallest absolute Gasteiger partial charge is 0.296 e. The summed E-state index contributed by atoms with van der Waals surface area (Å²) in [5.41, 5.74) is 1.14. The van der Waals surface area contributed by atoms with Gasteiger partial charge in [0.15, 0.2) is 16.9 Å². The molecule has 4 aromatic rings. The largest absolute Gasteiger partial charge is 0.454 e. The van der Waals surface area contributed by atoms with E-state index in [4.69, 9.17) is 13.9 Å². The Morgan fingerprint density at radius 2 is 1.77 bits per heavy atom. The van der Waals surface area contributed by atoms with Crippen molar-refractivity contribution >= 4 is 22.7 Å². The average Bonchev–Trinajstić information content (AvgIpc) is 3.37. The molecule has 1 amide bonds. The lowest BCUT2D eigenvalue weighted by atomic mass is 9.98. The second-order valence-electron chi connectivity index (χ2n) is 7.05. The van der Waals surface area contributed by atoms with Crippen molar-refractivity contribution in [2.45, 2.75) is 6.04 Å². The predicted molar refractivity (Wildman–Crippen MR) is 108 cm³/mol. The molecule has 4 heterocycles. The summed E-state index contributed by atoms with van der Waals surface area (Å²) in [6.07, 6.45) is 1.61. The van der Waals surface area contributed by atoms with Crippen LogP contribution in [0.1, 0.15) is 27.7 Å². The Bertz CT molecular complexity index is 1380. The van der Waals surface area contributed by atoms with Crippen molar-refractivity contribution in [3.8, 4) is 11.5 Å². The number of benzene rings is 2. The van der Waals surface area contributed by atoms with Crippen LogP contribution >= 0.6 is 0 Å². The maximum Gasteiger partial charge on any atom is 0.296 e. The molecule has 2 aromatic heterocycles. The fourth-order valence-corrected chi connectivity index (χ4v) is 4.05. The highest BCUT2D eigenvalue weighted by Crippen LogP contribution is 2.43. The van der Waals surface area contributed by atoms with Crippen molar-refractivity contribution in [3.63, 3.8) is 0 Å². The highest BCUT2D eigenvalue weighted by Gasteiger charge is 2.44. The molecular formula is C23H14N2O5. The van der Waals surface area contributed by atoms with Crippen molar-refractivity contribution in [1.82, 2.24) is 4.98 Å². The molecule has 6 rings (SSSR count). The van der Waals surface area contributed by atoms with E-state index in [1.165, 1.54) is 4.90 Å². The summed E-state index contributed by atoms with van der Waals surface area (Å²) in [6.45, 7) is 0.135. The van der Waals surface area contributed by atoms with E-state index >= 15 is 0 Å². The maximum absolute atomic E-state index is 13.4. The summed E-state index contributed by atoms with van der Waals surface area (Å²) >= 11 is 0. The topological polar surface area (TPSA) is 81.9 Å². The van der Waals surface area contributed by atoms with Crippen LogP contribution in [-0.4, -0.2) is 17.7 Å². The first-order valence-electron chi connectivity index (χ1n) is 9.42. The van der Waals surface area contributed by atoms with Gasteiger partial charge >= 0.3 is 0 Å². The summed E-state index contributed by atoms with van der Waals surface area (Å²) in [5.74, 6) is 1.25. The van der Waals surface area contributed by atoms with Gasteiger partial charge in [-0.15, -0.1) is 0 Å². The molecule has 0 bridgehead atoms. The Hall–Kier alpha value is -4.13. The lowest BCUT2D eigenvalue weighted by Gasteiger charge is -2.24. The molecule has 2 aliphatic heterocycles. The maximum atomic E-state index is 13.4. The van der Waals surface area contributed by atoms with Crippen molar-refractivity contribution in [1.29, 1.82) is 0 Å². The summed E-state index contributed by atoms with van der Waals surface area (Å²) in [4.78, 5) is 32.7. The first kappa shape index (κ1) is 16.8. The minimum absolute atomic E-state index is 0.0343. The summed E-state index contributed by atoms with van der Waals surface area (Å²) in [5, 5.41) is 0.428. The van der Waals surface area contributed by atoms with Crippen LogP contribution in [0.5, 0.6) is 11.5 Å². The van der Waals surface area contributed by atoms with Gasteiger partial charge in [-0.1, -0.05) is 24.3 Å². The van der Waals surface area contributed by atoms with Gasteiger partial charge in [0.25, 0.3) is 5.91 Å². The fraction of sp³-hybridized carbons (Fsp3) is 0.0870. The number of hydrogen-bond donors (Lipinski definition) is 0. The molecule has 146 valence electrons. The SMILES string of the molecule is O=C1c2oc3ccccc3c(=O)c2C(c2ccc3c(c2)OCO3)N1c1ccccn1. The molecule has 2 aliphatic rings. The van der Waals surface area contributed by atoms with Gasteiger partial charge in [-0.25, -0.2) is 4.98 Å². The van der Waals surface area contributed by atoms with Crippen molar-refractivity contribution in [2.24, 2.45) is 0 Å². The number of pyridine rings is 1. The van der Waals surface area contributed by atoms with E-state index in [-0.39, 0.29) is 18.0 Å². The van der Waals surface area contributed by atoms with Crippen molar-refractivity contribution in [2.75, 3.05) is 11.7 Å². The molecular weight excluding hydrogens is 384 g/mol. The van der Waals surface area contributed by atoms with Crippen LogP contribution in [0.15, 0.2) is 76.1 Å². The Balaban J connectivity index is 1.64. The van der Waals surface area contributed by atoms with E-state index < -0.39 is 11.9 Å². The number of fused-ring (bicyclic) bond motifs is 3. The fourth-order valence-electron chi connectivity index (χ4n) is 4.05. The lowest BCUT2D eigenvalue weighted by Crippen LogP contribution is -2.30. The van der Waals surface area contributed by atoms with Crippen molar-refractivity contribution < 1.29 is 18.7 Å². The van der Waals surface area contributed by atoms with Crippen LogP contribution in [0.4, 0.5) is 5.82 Å². The third kappa shape index (κ3) is 2.29. The molecule has 30 heavy (non-hydrogen) atoms. The summed E-state index contributed by atoms with van der Waals surface area (Å²) in [7, 11) is 0. The van der Waals surface area contributed by atoms with Gasteiger partial charge in [0.2, 0.25) is 12.6 Å². The number of anilines is 1. The minimum Gasteiger partial charge on any atom is -0.454 e. The Labute approximate surface area is 170 Å². The normalized spacial score (nSPS) is 16.9. The molecule has 1 atom stereocenters. The highest BCUT2D eigenvalue weighted by molar-refractivity contribution is 6.10. The van der Waals surface area contributed by atoms with Gasteiger partial charge in [-0.05, 0) is 42.0 Å². The van der Waals surface area contributed by atoms with Crippen LogP contribution in [0.2, 0.25) is 0 Å². The molecule has 0 saturated carbocycles. The van der Waals surface area contributed by atoms with E-state index in [0.29, 0.717) is 39.4 Å². The highest BCUT2D eigenvalue weighted by atomic mass is 16.7. The second kappa shape index (κ2) is 6.18. The number of hydrogen-bond acceptors (Lipinski definition) is 6. The van der Waals surface area contributed by atoms with Crippen LogP contribution in [0.3, 0.4) is 0 Å². The van der Waals surface area contributed by atoms with Crippen LogP contribution in [-0.2, 0) is 0 Å². The van der Waals surface area contributed by atoms with E-state index in [1.807, 2.05) is 6.07 Å². The number of ether oxygens (including phenoxy) is 2. The Morgan fingerprint density at radius 3 is 2.63 bits per heavy atom. The molecule has 0 N–H and O–H groups in total. The first-order valence-corrected chi connectivity index (χ1v) is 9.42. The van der Waals surface area contributed by atoms with E-state index in [9.17, 15) is 9.59 Å². The Morgan fingerprint density at radius 1 is 0.933 bits per heavy atom. The van der Waals surface area contributed by atoms with E-state index in [0.717, 1.165) is 0 Å². The number of carbonyl (C=O) groups is 1. The number of rotatable bonds is 2. The van der Waals surface area contributed by atoms with E-state index in [1.54, 1.807) is 60.8 Å². The summed E-state index contributed by atoms with van der Waals surface area (Å²) < 4.78 is 16.8. The third-order valence-electron chi connectivity index (χ3n) is 5.39. The number of amides is 1. The molecule has 7 heteroatoms. The second-order valence-corrected chi connectivity index (χ2v) is 7.05. The number of nitrogens with zero attached hydrogens (tertiary/aromatic N) is 2.